The highest BCUT2D eigenvalue weighted by Gasteiger charge is 2.25. The molecule has 0 bridgehead atoms. The molecular weight excluding hydrogens is 208 g/mol. The fourth-order valence-electron chi connectivity index (χ4n) is 3.11. The zero-order valence-electron chi connectivity index (χ0n) is 12.5. The van der Waals surface area contributed by atoms with E-state index in [9.17, 15) is 0 Å². The molecule has 0 aliphatic carbocycles. The number of piperidine rings is 1. The number of likely N-dealkylation sites (tertiary alicyclic amines) is 1. The third-order valence-corrected chi connectivity index (χ3v) is 4.21. The molecule has 3 atom stereocenters. The van der Waals surface area contributed by atoms with E-state index < -0.39 is 0 Å². The Morgan fingerprint density at radius 3 is 2.12 bits per heavy atom. The Bertz CT molecular complexity index is 191. The Balaban J connectivity index is 2.33. The lowest BCUT2D eigenvalue weighted by Crippen LogP contribution is -2.48. The zero-order chi connectivity index (χ0) is 12.8. The van der Waals surface area contributed by atoms with Crippen LogP contribution in [-0.4, -0.2) is 36.6 Å². The van der Waals surface area contributed by atoms with Crippen LogP contribution in [0.4, 0.5) is 0 Å². The summed E-state index contributed by atoms with van der Waals surface area (Å²) in [5, 5.41) is 3.70. The van der Waals surface area contributed by atoms with Gasteiger partial charge in [0.15, 0.2) is 0 Å². The number of hydrogen-bond donors (Lipinski definition) is 1. The Hall–Kier alpha value is -0.0800. The van der Waals surface area contributed by atoms with Crippen molar-refractivity contribution in [2.24, 2.45) is 11.8 Å². The summed E-state index contributed by atoms with van der Waals surface area (Å²) in [5.41, 5.74) is 0. The van der Waals surface area contributed by atoms with Crippen LogP contribution in [0.3, 0.4) is 0 Å². The molecule has 102 valence electrons. The fraction of sp³-hybridized carbons (Fsp3) is 1.00. The Morgan fingerprint density at radius 2 is 1.65 bits per heavy atom. The second kappa shape index (κ2) is 7.38. The van der Waals surface area contributed by atoms with Gasteiger partial charge in [-0.1, -0.05) is 27.7 Å². The molecule has 1 aliphatic heterocycles. The van der Waals surface area contributed by atoms with E-state index in [1.807, 2.05) is 0 Å². The molecule has 0 aromatic rings. The van der Waals surface area contributed by atoms with Gasteiger partial charge >= 0.3 is 0 Å². The maximum absolute atomic E-state index is 3.70. The lowest BCUT2D eigenvalue weighted by molar-refractivity contribution is 0.100. The van der Waals surface area contributed by atoms with Gasteiger partial charge in [0.1, 0.15) is 0 Å². The van der Waals surface area contributed by atoms with Crippen LogP contribution in [0.15, 0.2) is 0 Å². The van der Waals surface area contributed by atoms with Gasteiger partial charge in [0.2, 0.25) is 0 Å². The van der Waals surface area contributed by atoms with E-state index in [1.54, 1.807) is 0 Å². The average molecular weight is 240 g/mol. The van der Waals surface area contributed by atoms with E-state index >= 15 is 0 Å². The Kier molecular flexibility index (Phi) is 6.50. The van der Waals surface area contributed by atoms with Gasteiger partial charge in [-0.15, -0.1) is 0 Å². The van der Waals surface area contributed by atoms with Gasteiger partial charge in [-0.05, 0) is 38.0 Å². The van der Waals surface area contributed by atoms with Crippen LogP contribution in [-0.2, 0) is 0 Å². The first-order chi connectivity index (χ1) is 8.06. The van der Waals surface area contributed by atoms with Crippen molar-refractivity contribution in [1.29, 1.82) is 0 Å². The Morgan fingerprint density at radius 1 is 1.12 bits per heavy atom. The normalized spacial score (nSPS) is 28.6. The number of nitrogens with one attached hydrogen (secondary N) is 1. The van der Waals surface area contributed by atoms with Crippen molar-refractivity contribution in [3.05, 3.63) is 0 Å². The first-order valence-corrected chi connectivity index (χ1v) is 7.54. The predicted molar refractivity (Wildman–Crippen MR) is 76.4 cm³/mol. The number of rotatable bonds is 6. The van der Waals surface area contributed by atoms with Crippen LogP contribution < -0.4 is 5.32 Å². The fourth-order valence-corrected chi connectivity index (χ4v) is 3.11. The summed E-state index contributed by atoms with van der Waals surface area (Å²) in [5.74, 6) is 1.74. The van der Waals surface area contributed by atoms with E-state index in [4.69, 9.17) is 0 Å². The first-order valence-electron chi connectivity index (χ1n) is 7.54. The van der Waals surface area contributed by atoms with Gasteiger partial charge < -0.3 is 5.32 Å². The molecule has 0 aromatic carbocycles. The van der Waals surface area contributed by atoms with E-state index in [-0.39, 0.29) is 0 Å². The topological polar surface area (TPSA) is 15.3 Å². The summed E-state index contributed by atoms with van der Waals surface area (Å²) in [6.07, 6.45) is 3.90. The molecule has 1 rings (SSSR count). The largest absolute Gasteiger partial charge is 0.312 e. The quantitative estimate of drug-likeness (QED) is 0.767. The van der Waals surface area contributed by atoms with Crippen molar-refractivity contribution < 1.29 is 0 Å². The molecule has 1 aliphatic rings. The molecule has 17 heavy (non-hydrogen) atoms. The monoisotopic (exact) mass is 240 g/mol. The number of nitrogens with zero attached hydrogens (tertiary/aromatic N) is 1. The summed E-state index contributed by atoms with van der Waals surface area (Å²) >= 11 is 0. The molecule has 1 saturated heterocycles. The third-order valence-electron chi connectivity index (χ3n) is 4.21. The van der Waals surface area contributed by atoms with E-state index in [0.717, 1.165) is 18.4 Å². The van der Waals surface area contributed by atoms with Gasteiger partial charge in [0.05, 0.1) is 0 Å². The molecule has 0 amide bonds. The van der Waals surface area contributed by atoms with Crippen molar-refractivity contribution in [3.63, 3.8) is 0 Å². The van der Waals surface area contributed by atoms with E-state index in [0.29, 0.717) is 12.1 Å². The summed E-state index contributed by atoms with van der Waals surface area (Å²) in [7, 11) is 0. The van der Waals surface area contributed by atoms with Crippen molar-refractivity contribution in [3.8, 4) is 0 Å². The summed E-state index contributed by atoms with van der Waals surface area (Å²) in [6, 6.07) is 1.39. The molecule has 1 heterocycles. The molecule has 0 saturated carbocycles. The molecule has 1 fully saturated rings. The first kappa shape index (κ1) is 15.0. The molecular formula is C15H32N2. The SMILES string of the molecule is CCC(CC)NCC(C)N1CC(C)CC(C)C1. The highest BCUT2D eigenvalue weighted by molar-refractivity contribution is 4.80. The average Bonchev–Trinajstić information content (AvgIpc) is 2.28. The van der Waals surface area contributed by atoms with Gasteiger partial charge in [-0.3, -0.25) is 4.90 Å². The molecule has 1 N–H and O–H groups in total. The van der Waals surface area contributed by atoms with E-state index in [2.05, 4.69) is 44.8 Å². The molecule has 0 spiro atoms. The van der Waals surface area contributed by atoms with Gasteiger partial charge in [-0.25, -0.2) is 0 Å². The van der Waals surface area contributed by atoms with Gasteiger partial charge in [-0.2, -0.15) is 0 Å². The molecule has 2 heteroatoms. The molecule has 3 unspecified atom stereocenters. The minimum absolute atomic E-state index is 0.681. The van der Waals surface area contributed by atoms with Crippen molar-refractivity contribution >= 4 is 0 Å². The summed E-state index contributed by atoms with van der Waals surface area (Å²) < 4.78 is 0. The lowest BCUT2D eigenvalue weighted by Gasteiger charge is -2.39. The van der Waals surface area contributed by atoms with Crippen LogP contribution in [0.5, 0.6) is 0 Å². The maximum Gasteiger partial charge on any atom is 0.0192 e. The van der Waals surface area contributed by atoms with Crippen molar-refractivity contribution in [2.45, 2.75) is 66.0 Å². The van der Waals surface area contributed by atoms with Crippen LogP contribution >= 0.6 is 0 Å². The number of hydrogen-bond acceptors (Lipinski definition) is 2. The van der Waals surface area contributed by atoms with Crippen molar-refractivity contribution in [2.75, 3.05) is 19.6 Å². The van der Waals surface area contributed by atoms with E-state index in [1.165, 1.54) is 32.4 Å². The second-order valence-corrected chi connectivity index (χ2v) is 6.17. The summed E-state index contributed by atoms with van der Waals surface area (Å²) in [6.45, 7) is 15.4. The van der Waals surface area contributed by atoms with Crippen LogP contribution in [0.25, 0.3) is 0 Å². The minimum atomic E-state index is 0.681. The maximum atomic E-state index is 3.70. The summed E-state index contributed by atoms with van der Waals surface area (Å²) in [4.78, 5) is 2.67. The predicted octanol–water partition coefficient (Wildman–Crippen LogP) is 3.13. The Labute approximate surface area is 108 Å². The van der Waals surface area contributed by atoms with Crippen LogP contribution in [0.2, 0.25) is 0 Å². The zero-order valence-corrected chi connectivity index (χ0v) is 12.5. The molecule has 2 nitrogen and oxygen atoms in total. The smallest absolute Gasteiger partial charge is 0.0192 e. The van der Waals surface area contributed by atoms with Gasteiger partial charge in [0, 0.05) is 31.7 Å². The molecule has 0 radical (unpaired) electrons. The van der Waals surface area contributed by atoms with Crippen molar-refractivity contribution in [1.82, 2.24) is 10.2 Å². The lowest BCUT2D eigenvalue weighted by atomic mass is 9.91. The van der Waals surface area contributed by atoms with Crippen LogP contribution in [0.1, 0.15) is 53.9 Å². The standard InChI is InChI=1S/C15H32N2/c1-6-15(7-2)16-9-14(5)17-10-12(3)8-13(4)11-17/h12-16H,6-11H2,1-5H3. The second-order valence-electron chi connectivity index (χ2n) is 6.17. The minimum Gasteiger partial charge on any atom is -0.312 e. The third kappa shape index (κ3) is 4.97. The van der Waals surface area contributed by atoms with Crippen LogP contribution in [0, 0.1) is 11.8 Å². The highest BCUT2D eigenvalue weighted by atomic mass is 15.2. The highest BCUT2D eigenvalue weighted by Crippen LogP contribution is 2.22. The molecule has 0 aromatic heterocycles. The van der Waals surface area contributed by atoms with Gasteiger partial charge in [0.25, 0.3) is 0 Å².